The van der Waals surface area contributed by atoms with Crippen molar-refractivity contribution in [2.24, 2.45) is 5.10 Å². The Hall–Kier alpha value is -3.93. The number of hydrogen-bond donors (Lipinski definition) is 3. The predicted molar refractivity (Wildman–Crippen MR) is 115 cm³/mol. The number of nitrogens with two attached hydrogens (primary N) is 1. The first kappa shape index (κ1) is 20.8. The molecule has 30 heavy (non-hydrogen) atoms. The highest BCUT2D eigenvalue weighted by Crippen LogP contribution is 2.19. The summed E-state index contributed by atoms with van der Waals surface area (Å²) in [5.74, 6) is 5.79. The van der Waals surface area contributed by atoms with E-state index in [2.05, 4.69) is 26.0 Å². The van der Waals surface area contributed by atoms with Crippen LogP contribution in [0.1, 0.15) is 12.5 Å². The van der Waals surface area contributed by atoms with Gasteiger partial charge >= 0.3 is 0 Å². The Bertz CT molecular complexity index is 1080. The molecule has 12 heteroatoms. The number of nitrogens with zero attached hydrogens (tertiary/aromatic N) is 5. The maximum atomic E-state index is 12.1. The van der Waals surface area contributed by atoms with Crippen LogP contribution in [-0.4, -0.2) is 37.2 Å². The Labute approximate surface area is 175 Å². The molecule has 2 aromatic carbocycles. The molecule has 0 radical (unpaired) electrons. The van der Waals surface area contributed by atoms with Crippen molar-refractivity contribution in [3.05, 3.63) is 70.3 Å². The van der Waals surface area contributed by atoms with E-state index < -0.39 is 4.92 Å². The molecule has 3 aromatic rings. The number of carbonyl (C=O) groups is 1. The third-order valence-electron chi connectivity index (χ3n) is 3.85. The number of aromatic nitrogens is 3. The minimum Gasteiger partial charge on any atom is -0.334 e. The SMILES string of the molecule is C/C(=N\Nc1nnc(SCC(=O)Nc2cccc([N+](=O)[O-])c2)n1N)c1ccccc1. The monoisotopic (exact) mass is 426 g/mol. The molecule has 0 bridgehead atoms. The average Bonchev–Trinajstić information content (AvgIpc) is 3.10. The van der Waals surface area contributed by atoms with Gasteiger partial charge in [0.15, 0.2) is 0 Å². The van der Waals surface area contributed by atoms with Crippen LogP contribution in [0.2, 0.25) is 0 Å². The number of amides is 1. The lowest BCUT2D eigenvalue weighted by Crippen LogP contribution is -2.17. The van der Waals surface area contributed by atoms with Crippen molar-refractivity contribution < 1.29 is 9.72 Å². The van der Waals surface area contributed by atoms with Crippen molar-refractivity contribution >= 4 is 40.7 Å². The van der Waals surface area contributed by atoms with Crippen LogP contribution in [0.5, 0.6) is 0 Å². The molecule has 0 unspecified atom stereocenters. The fourth-order valence-electron chi connectivity index (χ4n) is 2.35. The molecule has 1 aromatic heterocycles. The highest BCUT2D eigenvalue weighted by molar-refractivity contribution is 7.99. The highest BCUT2D eigenvalue weighted by atomic mass is 32.2. The summed E-state index contributed by atoms with van der Waals surface area (Å²) in [4.78, 5) is 22.4. The second-order valence-electron chi connectivity index (χ2n) is 6.00. The number of nitro benzene ring substituents is 1. The molecule has 154 valence electrons. The van der Waals surface area contributed by atoms with Crippen LogP contribution < -0.4 is 16.6 Å². The van der Waals surface area contributed by atoms with Crippen molar-refractivity contribution in [3.63, 3.8) is 0 Å². The number of nitrogen functional groups attached to an aromatic ring is 1. The Balaban J connectivity index is 1.56. The van der Waals surface area contributed by atoms with Gasteiger partial charge in [0.05, 0.1) is 16.4 Å². The summed E-state index contributed by atoms with van der Waals surface area (Å²) in [6.07, 6.45) is 0. The van der Waals surface area contributed by atoms with Gasteiger partial charge in [-0.1, -0.05) is 48.2 Å². The molecule has 1 amide bonds. The summed E-state index contributed by atoms with van der Waals surface area (Å²) < 4.78 is 1.19. The summed E-state index contributed by atoms with van der Waals surface area (Å²) >= 11 is 1.07. The van der Waals surface area contributed by atoms with E-state index in [0.29, 0.717) is 10.8 Å². The van der Waals surface area contributed by atoms with Crippen LogP contribution >= 0.6 is 11.8 Å². The molecular formula is C18H18N8O3S. The first-order valence-electron chi connectivity index (χ1n) is 8.67. The third-order valence-corrected chi connectivity index (χ3v) is 4.80. The van der Waals surface area contributed by atoms with E-state index in [4.69, 9.17) is 5.84 Å². The molecule has 0 atom stereocenters. The molecule has 0 aliphatic carbocycles. The lowest BCUT2D eigenvalue weighted by Gasteiger charge is -2.06. The van der Waals surface area contributed by atoms with Crippen LogP contribution in [0.25, 0.3) is 0 Å². The number of hydrazone groups is 1. The van der Waals surface area contributed by atoms with E-state index >= 15 is 0 Å². The quantitative estimate of drug-likeness (QED) is 0.163. The Morgan fingerprint density at radius 2 is 2.00 bits per heavy atom. The van der Waals surface area contributed by atoms with E-state index in [1.807, 2.05) is 37.3 Å². The van der Waals surface area contributed by atoms with Crippen molar-refractivity contribution in [2.75, 3.05) is 22.3 Å². The molecular weight excluding hydrogens is 408 g/mol. The summed E-state index contributed by atoms with van der Waals surface area (Å²) in [6.45, 7) is 1.84. The minimum atomic E-state index is -0.530. The Kier molecular flexibility index (Phi) is 6.60. The van der Waals surface area contributed by atoms with Crippen molar-refractivity contribution in [1.29, 1.82) is 0 Å². The number of rotatable bonds is 8. The molecule has 0 spiro atoms. The molecule has 0 saturated carbocycles. The molecule has 0 aliphatic heterocycles. The fourth-order valence-corrected chi connectivity index (χ4v) is 3.01. The van der Waals surface area contributed by atoms with Crippen LogP contribution in [0.3, 0.4) is 0 Å². The van der Waals surface area contributed by atoms with Crippen LogP contribution in [0, 0.1) is 10.1 Å². The third kappa shape index (κ3) is 5.32. The van der Waals surface area contributed by atoms with Gasteiger partial charge in [0.2, 0.25) is 11.1 Å². The maximum absolute atomic E-state index is 12.1. The van der Waals surface area contributed by atoms with Crippen LogP contribution in [-0.2, 0) is 4.79 Å². The summed E-state index contributed by atoms with van der Waals surface area (Å²) in [6, 6.07) is 15.3. The van der Waals surface area contributed by atoms with Crippen molar-refractivity contribution in [1.82, 2.24) is 14.9 Å². The highest BCUT2D eigenvalue weighted by Gasteiger charge is 2.13. The molecule has 4 N–H and O–H groups in total. The van der Waals surface area contributed by atoms with E-state index in [0.717, 1.165) is 23.0 Å². The number of nitro groups is 1. The number of hydrogen-bond acceptors (Lipinski definition) is 9. The lowest BCUT2D eigenvalue weighted by atomic mass is 10.1. The van der Waals surface area contributed by atoms with Crippen molar-refractivity contribution in [2.45, 2.75) is 12.1 Å². The van der Waals surface area contributed by atoms with Gasteiger partial charge in [-0.15, -0.1) is 10.2 Å². The summed E-state index contributed by atoms with van der Waals surface area (Å²) in [7, 11) is 0. The first-order chi connectivity index (χ1) is 14.4. The summed E-state index contributed by atoms with van der Waals surface area (Å²) in [5, 5.41) is 25.8. The van der Waals surface area contributed by atoms with Gasteiger partial charge in [-0.25, -0.2) is 10.1 Å². The van der Waals surface area contributed by atoms with Gasteiger partial charge in [0.1, 0.15) is 0 Å². The zero-order chi connectivity index (χ0) is 21.5. The van der Waals surface area contributed by atoms with Gasteiger partial charge in [-0.3, -0.25) is 14.9 Å². The number of non-ortho nitro benzene ring substituents is 1. The zero-order valence-corrected chi connectivity index (χ0v) is 16.7. The average molecular weight is 426 g/mol. The molecule has 1 heterocycles. The van der Waals surface area contributed by atoms with Gasteiger partial charge < -0.3 is 11.2 Å². The molecule has 0 fully saturated rings. The standard InChI is InChI=1S/C18H18N8O3S/c1-12(13-6-3-2-4-7-13)21-22-17-23-24-18(25(17)19)30-11-16(27)20-14-8-5-9-15(10-14)26(28)29/h2-10H,11,19H2,1H3,(H,20,27)(H,22,23)/b21-12+. The Morgan fingerprint density at radius 3 is 2.73 bits per heavy atom. The second kappa shape index (κ2) is 9.52. The van der Waals surface area contributed by atoms with Crippen molar-refractivity contribution in [3.8, 4) is 0 Å². The van der Waals surface area contributed by atoms with E-state index in [1.165, 1.54) is 22.9 Å². The number of nitrogens with one attached hydrogen (secondary N) is 2. The fraction of sp³-hybridized carbons (Fsp3) is 0.111. The van der Waals surface area contributed by atoms with E-state index in [1.54, 1.807) is 6.07 Å². The van der Waals surface area contributed by atoms with E-state index in [-0.39, 0.29) is 23.3 Å². The van der Waals surface area contributed by atoms with Gasteiger partial charge in [0.25, 0.3) is 11.6 Å². The first-order valence-corrected chi connectivity index (χ1v) is 9.66. The lowest BCUT2D eigenvalue weighted by molar-refractivity contribution is -0.384. The number of carbonyl (C=O) groups excluding carboxylic acids is 1. The van der Waals surface area contributed by atoms with Gasteiger partial charge in [-0.05, 0) is 18.6 Å². The molecule has 0 saturated heterocycles. The zero-order valence-electron chi connectivity index (χ0n) is 15.8. The normalized spacial score (nSPS) is 11.2. The Morgan fingerprint density at radius 1 is 1.23 bits per heavy atom. The molecule has 0 aliphatic rings. The number of thioether (sulfide) groups is 1. The second-order valence-corrected chi connectivity index (χ2v) is 6.94. The maximum Gasteiger partial charge on any atom is 0.271 e. The number of anilines is 2. The molecule has 11 nitrogen and oxygen atoms in total. The van der Waals surface area contributed by atoms with Gasteiger partial charge in [-0.2, -0.15) is 5.10 Å². The topological polar surface area (TPSA) is 153 Å². The molecule has 3 rings (SSSR count). The predicted octanol–water partition coefficient (Wildman–Crippen LogP) is 2.47. The largest absolute Gasteiger partial charge is 0.334 e. The van der Waals surface area contributed by atoms with Crippen LogP contribution in [0.4, 0.5) is 17.3 Å². The minimum absolute atomic E-state index is 0.00959. The van der Waals surface area contributed by atoms with E-state index in [9.17, 15) is 14.9 Å². The van der Waals surface area contributed by atoms with Gasteiger partial charge in [0, 0.05) is 17.8 Å². The van der Waals surface area contributed by atoms with Crippen LogP contribution in [0.15, 0.2) is 64.9 Å². The number of benzene rings is 2. The summed E-state index contributed by atoms with van der Waals surface area (Å²) in [5.41, 5.74) is 4.66. The smallest absolute Gasteiger partial charge is 0.271 e.